The Morgan fingerprint density at radius 2 is 2.00 bits per heavy atom. The van der Waals surface area contributed by atoms with Gasteiger partial charge in [0.15, 0.2) is 0 Å². The molecule has 1 aliphatic carbocycles. The molecule has 0 spiro atoms. The molecular formula is C17H22O3. The maximum Gasteiger partial charge on any atom is 0.318 e. The number of ether oxygens (including phenoxy) is 1. The highest BCUT2D eigenvalue weighted by Crippen LogP contribution is 2.48. The highest BCUT2D eigenvalue weighted by Gasteiger charge is 2.47. The van der Waals surface area contributed by atoms with Crippen molar-refractivity contribution >= 4 is 11.5 Å². The molecular weight excluding hydrogens is 252 g/mol. The molecule has 0 radical (unpaired) electrons. The van der Waals surface area contributed by atoms with E-state index in [2.05, 4.69) is 12.1 Å². The monoisotopic (exact) mass is 274 g/mol. The van der Waals surface area contributed by atoms with Gasteiger partial charge in [-0.3, -0.25) is 4.79 Å². The van der Waals surface area contributed by atoms with Gasteiger partial charge in [0.05, 0.1) is 13.2 Å². The van der Waals surface area contributed by atoms with Crippen molar-refractivity contribution in [1.82, 2.24) is 0 Å². The highest BCUT2D eigenvalue weighted by molar-refractivity contribution is 5.88. The summed E-state index contributed by atoms with van der Waals surface area (Å²) in [7, 11) is 0. The van der Waals surface area contributed by atoms with Crippen molar-refractivity contribution in [2.24, 2.45) is 5.41 Å². The zero-order chi connectivity index (χ0) is 14.6. The van der Waals surface area contributed by atoms with E-state index in [1.807, 2.05) is 25.1 Å². The molecule has 2 rings (SSSR count). The van der Waals surface area contributed by atoms with E-state index in [4.69, 9.17) is 4.74 Å². The third-order valence-corrected chi connectivity index (χ3v) is 4.16. The van der Waals surface area contributed by atoms with E-state index in [9.17, 15) is 9.90 Å². The fraction of sp³-hybridized carbons (Fsp3) is 0.471. The maximum absolute atomic E-state index is 12.3. The average Bonchev–Trinajstić information content (AvgIpc) is 2.88. The summed E-state index contributed by atoms with van der Waals surface area (Å²) >= 11 is 0. The quantitative estimate of drug-likeness (QED) is 0.839. The Hall–Kier alpha value is -1.61. The smallest absolute Gasteiger partial charge is 0.318 e. The van der Waals surface area contributed by atoms with Crippen LogP contribution >= 0.6 is 0 Å². The van der Waals surface area contributed by atoms with Crippen LogP contribution < -0.4 is 0 Å². The number of esters is 1. The zero-order valence-corrected chi connectivity index (χ0v) is 12.2. The molecule has 3 heteroatoms. The molecule has 1 N–H and O–H groups in total. The number of aliphatic hydroxyl groups excluding tert-OH is 1. The molecule has 0 saturated heterocycles. The number of benzene rings is 1. The maximum atomic E-state index is 12.3. The van der Waals surface area contributed by atoms with Crippen LogP contribution in [0.1, 0.15) is 38.7 Å². The van der Waals surface area contributed by atoms with Gasteiger partial charge in [-0.2, -0.15) is 0 Å². The summed E-state index contributed by atoms with van der Waals surface area (Å²) in [4.78, 5) is 12.3. The number of hydrogen-bond acceptors (Lipinski definition) is 3. The van der Waals surface area contributed by atoms with Crippen LogP contribution in [0.4, 0.5) is 0 Å². The van der Waals surface area contributed by atoms with Crippen molar-refractivity contribution < 1.29 is 14.6 Å². The van der Waals surface area contributed by atoms with Gasteiger partial charge in [-0.05, 0) is 42.9 Å². The molecule has 1 atom stereocenters. The number of aliphatic hydroxyl groups is 1. The van der Waals surface area contributed by atoms with Crippen LogP contribution in [0.5, 0.6) is 0 Å². The molecule has 0 aliphatic heterocycles. The number of carbonyl (C=O) groups excluding carboxylic acids is 1. The summed E-state index contributed by atoms with van der Waals surface area (Å²) in [6.07, 6.45) is 2.20. The molecule has 20 heavy (non-hydrogen) atoms. The molecule has 108 valence electrons. The van der Waals surface area contributed by atoms with Gasteiger partial charge in [-0.15, -0.1) is 0 Å². The normalized spacial score (nSPS) is 22.1. The summed E-state index contributed by atoms with van der Waals surface area (Å²) in [5.41, 5.74) is 2.53. The first-order chi connectivity index (χ1) is 9.69. The molecule has 0 bridgehead atoms. The van der Waals surface area contributed by atoms with Crippen molar-refractivity contribution in [3.8, 4) is 0 Å². The Kier molecular flexibility index (Phi) is 4.61. The highest BCUT2D eigenvalue weighted by atomic mass is 16.5. The van der Waals surface area contributed by atoms with Gasteiger partial charge in [0, 0.05) is 0 Å². The summed E-state index contributed by atoms with van der Waals surface area (Å²) in [6.45, 7) is 4.00. The SMILES string of the molecule is CCOC(=O)[C@@]1(CO)CCC(c2ccccc2)=C1CC. The topological polar surface area (TPSA) is 46.5 Å². The molecule has 0 unspecified atom stereocenters. The minimum atomic E-state index is -0.837. The third-order valence-electron chi connectivity index (χ3n) is 4.16. The Morgan fingerprint density at radius 1 is 1.30 bits per heavy atom. The Bertz CT molecular complexity index is 504. The molecule has 0 aromatic heterocycles. The Morgan fingerprint density at radius 3 is 2.55 bits per heavy atom. The minimum Gasteiger partial charge on any atom is -0.465 e. The van der Waals surface area contributed by atoms with E-state index >= 15 is 0 Å². The van der Waals surface area contributed by atoms with E-state index in [1.165, 1.54) is 5.57 Å². The van der Waals surface area contributed by atoms with Gasteiger partial charge in [0.2, 0.25) is 0 Å². The van der Waals surface area contributed by atoms with E-state index in [1.54, 1.807) is 6.92 Å². The molecule has 0 fully saturated rings. The lowest BCUT2D eigenvalue weighted by Gasteiger charge is -2.27. The number of hydrogen-bond donors (Lipinski definition) is 1. The first-order valence-electron chi connectivity index (χ1n) is 7.25. The second kappa shape index (κ2) is 6.23. The molecule has 0 amide bonds. The number of allylic oxidation sites excluding steroid dienone is 1. The van der Waals surface area contributed by atoms with Crippen molar-refractivity contribution in [3.63, 3.8) is 0 Å². The van der Waals surface area contributed by atoms with E-state index < -0.39 is 5.41 Å². The molecule has 1 aromatic rings. The average molecular weight is 274 g/mol. The fourth-order valence-corrected chi connectivity index (χ4v) is 3.17. The first-order valence-corrected chi connectivity index (χ1v) is 7.25. The summed E-state index contributed by atoms with van der Waals surface area (Å²) in [5.74, 6) is -0.287. The van der Waals surface area contributed by atoms with E-state index in [0.29, 0.717) is 13.0 Å². The van der Waals surface area contributed by atoms with Crippen LogP contribution in [0.3, 0.4) is 0 Å². The molecule has 1 aromatic carbocycles. The van der Waals surface area contributed by atoms with Crippen molar-refractivity contribution in [3.05, 3.63) is 41.5 Å². The predicted octanol–water partition coefficient (Wildman–Crippen LogP) is 3.19. The largest absolute Gasteiger partial charge is 0.465 e. The zero-order valence-electron chi connectivity index (χ0n) is 12.2. The Balaban J connectivity index is 2.46. The van der Waals surface area contributed by atoms with Gasteiger partial charge in [0.1, 0.15) is 5.41 Å². The van der Waals surface area contributed by atoms with Gasteiger partial charge in [-0.25, -0.2) is 0 Å². The standard InChI is InChI=1S/C17H22O3/c1-3-15-14(13-8-6-5-7-9-13)10-11-17(15,12-18)16(19)20-4-2/h5-9,18H,3-4,10-12H2,1-2H3/t17-/m1/s1. The summed E-state index contributed by atoms with van der Waals surface area (Å²) in [5, 5.41) is 9.84. The van der Waals surface area contributed by atoms with Gasteiger partial charge in [-0.1, -0.05) is 37.3 Å². The minimum absolute atomic E-state index is 0.175. The number of carbonyl (C=O) groups is 1. The summed E-state index contributed by atoms with van der Waals surface area (Å²) in [6, 6.07) is 10.1. The lowest BCUT2D eigenvalue weighted by Crippen LogP contribution is -2.36. The first kappa shape index (κ1) is 14.8. The van der Waals surface area contributed by atoms with E-state index in [0.717, 1.165) is 24.0 Å². The second-order valence-electron chi connectivity index (χ2n) is 5.14. The van der Waals surface area contributed by atoms with Crippen LogP contribution in [0, 0.1) is 5.41 Å². The Labute approximate surface area is 120 Å². The van der Waals surface area contributed by atoms with Crippen molar-refractivity contribution in [2.75, 3.05) is 13.2 Å². The molecule has 3 nitrogen and oxygen atoms in total. The lowest BCUT2D eigenvalue weighted by molar-refractivity contribution is -0.155. The van der Waals surface area contributed by atoms with Crippen LogP contribution in [-0.4, -0.2) is 24.3 Å². The van der Waals surface area contributed by atoms with Gasteiger partial charge in [0.25, 0.3) is 0 Å². The third kappa shape index (κ3) is 2.38. The summed E-state index contributed by atoms with van der Waals surface area (Å²) < 4.78 is 5.20. The second-order valence-corrected chi connectivity index (χ2v) is 5.14. The van der Waals surface area contributed by atoms with Crippen LogP contribution in [0.25, 0.3) is 5.57 Å². The van der Waals surface area contributed by atoms with Gasteiger partial charge < -0.3 is 9.84 Å². The lowest BCUT2D eigenvalue weighted by atomic mass is 9.80. The van der Waals surface area contributed by atoms with Crippen LogP contribution in [0.15, 0.2) is 35.9 Å². The van der Waals surface area contributed by atoms with Crippen molar-refractivity contribution in [1.29, 1.82) is 0 Å². The molecule has 1 aliphatic rings. The van der Waals surface area contributed by atoms with Crippen molar-refractivity contribution in [2.45, 2.75) is 33.1 Å². The fourth-order valence-electron chi connectivity index (χ4n) is 3.17. The molecule has 0 heterocycles. The van der Waals surface area contributed by atoms with Crippen LogP contribution in [-0.2, 0) is 9.53 Å². The van der Waals surface area contributed by atoms with Gasteiger partial charge >= 0.3 is 5.97 Å². The molecule has 0 saturated carbocycles. The number of rotatable bonds is 5. The predicted molar refractivity (Wildman–Crippen MR) is 79.0 cm³/mol. The van der Waals surface area contributed by atoms with E-state index in [-0.39, 0.29) is 12.6 Å². The van der Waals surface area contributed by atoms with Crippen LogP contribution in [0.2, 0.25) is 0 Å².